The number of H-pyrrole nitrogens is 1. The summed E-state index contributed by atoms with van der Waals surface area (Å²) < 4.78 is 4.78. The Morgan fingerprint density at radius 3 is 2.76 bits per heavy atom. The van der Waals surface area contributed by atoms with Crippen molar-refractivity contribution in [3.63, 3.8) is 0 Å². The summed E-state index contributed by atoms with van der Waals surface area (Å²) in [5, 5.41) is 3.55. The third kappa shape index (κ3) is 3.22. The molecule has 0 fully saturated rings. The first-order valence-corrected chi connectivity index (χ1v) is 8.18. The van der Waals surface area contributed by atoms with Gasteiger partial charge in [-0.05, 0) is 25.1 Å². The molecule has 2 N–H and O–H groups in total. The van der Waals surface area contributed by atoms with Gasteiger partial charge in [0.2, 0.25) is 11.8 Å². The van der Waals surface area contributed by atoms with Gasteiger partial charge in [0.25, 0.3) is 0 Å². The van der Waals surface area contributed by atoms with Crippen LogP contribution in [0.15, 0.2) is 18.2 Å². The second-order valence-corrected chi connectivity index (χ2v) is 6.27. The van der Waals surface area contributed by atoms with Gasteiger partial charge in [-0.15, -0.1) is 0 Å². The summed E-state index contributed by atoms with van der Waals surface area (Å²) in [6.07, 6.45) is 0.704. The molecule has 0 radical (unpaired) electrons. The fourth-order valence-corrected chi connectivity index (χ4v) is 3.29. The molecule has 1 atom stereocenters. The van der Waals surface area contributed by atoms with Gasteiger partial charge >= 0.3 is 5.97 Å². The van der Waals surface area contributed by atoms with E-state index in [1.807, 2.05) is 6.07 Å². The van der Waals surface area contributed by atoms with Crippen LogP contribution in [0.25, 0.3) is 10.9 Å². The van der Waals surface area contributed by atoms with E-state index >= 15 is 0 Å². The molecule has 1 aromatic heterocycles. The molecule has 0 saturated heterocycles. The first-order chi connectivity index (χ1) is 11.9. The number of rotatable bonds is 3. The zero-order valence-corrected chi connectivity index (χ0v) is 14.5. The number of ether oxygens (including phenoxy) is 1. The van der Waals surface area contributed by atoms with Gasteiger partial charge in [-0.25, -0.2) is 4.79 Å². The van der Waals surface area contributed by atoms with Crippen LogP contribution in [0, 0.1) is 0 Å². The molecule has 7 nitrogen and oxygen atoms in total. The monoisotopic (exact) mass is 343 g/mol. The minimum absolute atomic E-state index is 0.112. The Bertz CT molecular complexity index is 855. The van der Waals surface area contributed by atoms with Crippen LogP contribution in [0.4, 0.5) is 0 Å². The first kappa shape index (κ1) is 17.0. The maximum atomic E-state index is 12.5. The zero-order chi connectivity index (χ0) is 18.1. The summed E-state index contributed by atoms with van der Waals surface area (Å²) >= 11 is 0. The number of aromatic nitrogens is 1. The number of esters is 1. The number of carbonyl (C=O) groups excluding carboxylic acids is 3. The topological polar surface area (TPSA) is 91.5 Å². The van der Waals surface area contributed by atoms with E-state index in [0.717, 1.165) is 22.2 Å². The van der Waals surface area contributed by atoms with Crippen LogP contribution >= 0.6 is 0 Å². The van der Waals surface area contributed by atoms with Crippen LogP contribution in [0.1, 0.15) is 35.5 Å². The van der Waals surface area contributed by atoms with Gasteiger partial charge < -0.3 is 19.9 Å². The molecule has 3 rings (SSSR count). The average Bonchev–Trinajstić information content (AvgIpc) is 2.96. The molecule has 0 unspecified atom stereocenters. The zero-order valence-electron chi connectivity index (χ0n) is 14.5. The predicted molar refractivity (Wildman–Crippen MR) is 92.0 cm³/mol. The van der Waals surface area contributed by atoms with Gasteiger partial charge in [-0.3, -0.25) is 9.59 Å². The highest BCUT2D eigenvalue weighted by Gasteiger charge is 2.27. The minimum Gasteiger partial charge on any atom is -0.465 e. The summed E-state index contributed by atoms with van der Waals surface area (Å²) in [5.41, 5.74) is 3.50. The fraction of sp³-hybridized carbons (Fsp3) is 0.389. The number of fused-ring (bicyclic) bond motifs is 3. The van der Waals surface area contributed by atoms with E-state index in [1.54, 1.807) is 24.0 Å². The molecular weight excluding hydrogens is 322 g/mol. The molecule has 7 heteroatoms. The largest absolute Gasteiger partial charge is 0.465 e. The number of nitrogens with one attached hydrogen (secondary N) is 2. The Labute approximate surface area is 145 Å². The van der Waals surface area contributed by atoms with E-state index in [1.165, 1.54) is 14.0 Å². The average molecular weight is 343 g/mol. The number of aromatic amines is 1. The third-order valence-electron chi connectivity index (χ3n) is 4.50. The van der Waals surface area contributed by atoms with Crippen LogP contribution in [0.5, 0.6) is 0 Å². The second-order valence-electron chi connectivity index (χ2n) is 6.27. The molecule has 1 aliphatic rings. The Hall–Kier alpha value is -2.83. The van der Waals surface area contributed by atoms with Crippen molar-refractivity contribution >= 4 is 28.7 Å². The van der Waals surface area contributed by atoms with Gasteiger partial charge in [-0.1, -0.05) is 0 Å². The Balaban J connectivity index is 1.90. The predicted octanol–water partition coefficient (Wildman–Crippen LogP) is 1.36. The molecule has 2 amide bonds. The molecular formula is C18H21N3O4. The minimum atomic E-state index is -0.560. The lowest BCUT2D eigenvalue weighted by molar-refractivity contribution is -0.136. The Kier molecular flexibility index (Phi) is 4.48. The summed E-state index contributed by atoms with van der Waals surface area (Å²) in [4.78, 5) is 40.6. The Morgan fingerprint density at radius 1 is 1.32 bits per heavy atom. The SMILES string of the molecule is COC(=O)c1ccc2[nH]c3c(c2c1)CN(C(=O)[C@@H](C)NC(C)=O)CC3. The number of hydrogen-bond donors (Lipinski definition) is 2. The molecule has 0 saturated carbocycles. The first-order valence-electron chi connectivity index (χ1n) is 8.18. The lowest BCUT2D eigenvalue weighted by atomic mass is 10.0. The molecule has 25 heavy (non-hydrogen) atoms. The van der Waals surface area contributed by atoms with Gasteiger partial charge in [0.15, 0.2) is 0 Å². The summed E-state index contributed by atoms with van der Waals surface area (Å²) in [6, 6.07) is 4.81. The highest BCUT2D eigenvalue weighted by atomic mass is 16.5. The lowest BCUT2D eigenvalue weighted by Gasteiger charge is -2.29. The highest BCUT2D eigenvalue weighted by Crippen LogP contribution is 2.29. The van der Waals surface area contributed by atoms with Crippen LogP contribution in [0.2, 0.25) is 0 Å². The number of methoxy groups -OCH3 is 1. The molecule has 0 spiro atoms. The summed E-state index contributed by atoms with van der Waals surface area (Å²) in [7, 11) is 1.35. The molecule has 0 bridgehead atoms. The molecule has 2 aromatic rings. The molecule has 0 aliphatic carbocycles. The number of nitrogens with zero attached hydrogens (tertiary/aromatic N) is 1. The number of benzene rings is 1. The standard InChI is InChI=1S/C18H21N3O4/c1-10(19-11(2)22)17(23)21-7-6-16-14(9-21)13-8-12(18(24)25-3)4-5-15(13)20-16/h4-5,8,10,20H,6-7,9H2,1-3H3,(H,19,22)/t10-/m1/s1. The van der Waals surface area contributed by atoms with E-state index in [2.05, 4.69) is 10.3 Å². The second kappa shape index (κ2) is 6.58. The van der Waals surface area contributed by atoms with Crippen molar-refractivity contribution in [3.05, 3.63) is 35.0 Å². The van der Waals surface area contributed by atoms with Crippen molar-refractivity contribution in [2.45, 2.75) is 32.9 Å². The maximum Gasteiger partial charge on any atom is 0.337 e. The van der Waals surface area contributed by atoms with E-state index in [4.69, 9.17) is 4.74 Å². The highest BCUT2D eigenvalue weighted by molar-refractivity contribution is 5.96. The molecule has 1 aromatic carbocycles. The fourth-order valence-electron chi connectivity index (χ4n) is 3.29. The maximum absolute atomic E-state index is 12.5. The third-order valence-corrected chi connectivity index (χ3v) is 4.50. The molecule has 1 aliphatic heterocycles. The normalized spacial score (nSPS) is 14.8. The number of hydrogen-bond acceptors (Lipinski definition) is 4. The van der Waals surface area contributed by atoms with Crippen molar-refractivity contribution in [1.29, 1.82) is 0 Å². The van der Waals surface area contributed by atoms with E-state index in [0.29, 0.717) is 25.1 Å². The Morgan fingerprint density at radius 2 is 2.08 bits per heavy atom. The van der Waals surface area contributed by atoms with Gasteiger partial charge in [0, 0.05) is 48.6 Å². The van der Waals surface area contributed by atoms with Gasteiger partial charge in [0.1, 0.15) is 6.04 Å². The van der Waals surface area contributed by atoms with Gasteiger partial charge in [0.05, 0.1) is 12.7 Å². The van der Waals surface area contributed by atoms with E-state index in [9.17, 15) is 14.4 Å². The summed E-state index contributed by atoms with van der Waals surface area (Å²) in [5.74, 6) is -0.729. The van der Waals surface area contributed by atoms with Crippen molar-refractivity contribution in [2.75, 3.05) is 13.7 Å². The molecule has 2 heterocycles. The smallest absolute Gasteiger partial charge is 0.337 e. The van der Waals surface area contributed by atoms with Crippen molar-refractivity contribution < 1.29 is 19.1 Å². The molecule has 132 valence electrons. The number of amides is 2. The quantitative estimate of drug-likeness (QED) is 0.823. The van der Waals surface area contributed by atoms with Crippen LogP contribution < -0.4 is 5.32 Å². The number of carbonyl (C=O) groups is 3. The van der Waals surface area contributed by atoms with Crippen molar-refractivity contribution in [3.8, 4) is 0 Å². The summed E-state index contributed by atoms with van der Waals surface area (Å²) in [6.45, 7) is 4.12. The van der Waals surface area contributed by atoms with Crippen molar-refractivity contribution in [1.82, 2.24) is 15.2 Å². The van der Waals surface area contributed by atoms with Gasteiger partial charge in [-0.2, -0.15) is 0 Å². The van der Waals surface area contributed by atoms with E-state index < -0.39 is 6.04 Å². The van der Waals surface area contributed by atoms with Crippen LogP contribution in [0.3, 0.4) is 0 Å². The van der Waals surface area contributed by atoms with Crippen molar-refractivity contribution in [2.24, 2.45) is 0 Å². The van der Waals surface area contributed by atoms with Crippen LogP contribution in [-0.2, 0) is 27.3 Å². The lowest BCUT2D eigenvalue weighted by Crippen LogP contribution is -2.47. The van der Waals surface area contributed by atoms with Crippen LogP contribution in [-0.4, -0.2) is 47.4 Å². The van der Waals surface area contributed by atoms with E-state index in [-0.39, 0.29) is 17.8 Å².